The van der Waals surface area contributed by atoms with E-state index in [2.05, 4.69) is 17.6 Å². The molecule has 114 valence electrons. The minimum atomic E-state index is 0.169. The molecule has 1 aliphatic heterocycles. The summed E-state index contributed by atoms with van der Waals surface area (Å²) in [6.07, 6.45) is 5.41. The summed E-state index contributed by atoms with van der Waals surface area (Å²) in [5, 5.41) is 6.24. The predicted octanol–water partition coefficient (Wildman–Crippen LogP) is 0.893. The van der Waals surface area contributed by atoms with Gasteiger partial charge in [-0.05, 0) is 38.6 Å². The summed E-state index contributed by atoms with van der Waals surface area (Å²) in [5.74, 6) is 0.663. The Morgan fingerprint density at radius 2 is 2.10 bits per heavy atom. The zero-order valence-corrected chi connectivity index (χ0v) is 12.5. The minimum absolute atomic E-state index is 0.169. The molecule has 2 rings (SSSR count). The Morgan fingerprint density at radius 1 is 1.30 bits per heavy atom. The maximum Gasteiger partial charge on any atom is 0.223 e. The molecule has 5 heteroatoms. The summed E-state index contributed by atoms with van der Waals surface area (Å²) < 4.78 is 0. The van der Waals surface area contributed by atoms with Gasteiger partial charge in [0.2, 0.25) is 11.8 Å². The Hall–Kier alpha value is -1.10. The highest BCUT2D eigenvalue weighted by molar-refractivity contribution is 5.81. The molecule has 0 aromatic heterocycles. The third-order valence-electron chi connectivity index (χ3n) is 4.07. The molecule has 1 aliphatic carbocycles. The molecule has 2 fully saturated rings. The van der Waals surface area contributed by atoms with Gasteiger partial charge in [-0.15, -0.1) is 0 Å². The minimum Gasteiger partial charge on any atom is -0.356 e. The van der Waals surface area contributed by atoms with E-state index in [4.69, 9.17) is 0 Å². The molecule has 2 N–H and O–H groups in total. The van der Waals surface area contributed by atoms with Crippen LogP contribution in [0.4, 0.5) is 0 Å². The Morgan fingerprint density at radius 3 is 2.70 bits per heavy atom. The lowest BCUT2D eigenvalue weighted by Crippen LogP contribution is -2.42. The highest BCUT2D eigenvalue weighted by Gasteiger charge is 2.29. The number of rotatable bonds is 8. The van der Waals surface area contributed by atoms with Crippen LogP contribution in [0.5, 0.6) is 0 Å². The second-order valence-electron chi connectivity index (χ2n) is 5.90. The van der Waals surface area contributed by atoms with Crippen LogP contribution in [-0.4, -0.2) is 48.9 Å². The van der Waals surface area contributed by atoms with E-state index in [0.29, 0.717) is 19.0 Å². The fraction of sp³-hybridized carbons (Fsp3) is 0.867. The molecule has 2 aliphatic rings. The van der Waals surface area contributed by atoms with Crippen molar-refractivity contribution in [3.8, 4) is 0 Å². The number of amides is 2. The summed E-state index contributed by atoms with van der Waals surface area (Å²) >= 11 is 0. The molecule has 1 unspecified atom stereocenters. The number of hydrogen-bond acceptors (Lipinski definition) is 3. The van der Waals surface area contributed by atoms with E-state index in [1.54, 1.807) is 0 Å². The summed E-state index contributed by atoms with van der Waals surface area (Å²) in [4.78, 5) is 25.8. The molecular formula is C15H27N3O2. The fourth-order valence-corrected chi connectivity index (χ4v) is 2.74. The Balaban J connectivity index is 1.66. The number of nitrogens with one attached hydrogen (secondary N) is 2. The van der Waals surface area contributed by atoms with Crippen molar-refractivity contribution in [2.45, 2.75) is 51.5 Å². The van der Waals surface area contributed by atoms with Crippen LogP contribution in [0.25, 0.3) is 0 Å². The van der Waals surface area contributed by atoms with Crippen molar-refractivity contribution in [1.29, 1.82) is 0 Å². The lowest BCUT2D eigenvalue weighted by molar-refractivity contribution is -0.133. The average molecular weight is 281 g/mol. The first-order valence-corrected chi connectivity index (χ1v) is 8.00. The van der Waals surface area contributed by atoms with Crippen molar-refractivity contribution < 1.29 is 9.59 Å². The third-order valence-corrected chi connectivity index (χ3v) is 4.07. The van der Waals surface area contributed by atoms with Gasteiger partial charge in [0, 0.05) is 38.0 Å². The Labute approximate surface area is 121 Å². The summed E-state index contributed by atoms with van der Waals surface area (Å²) in [6, 6.07) is 0.364. The van der Waals surface area contributed by atoms with Crippen molar-refractivity contribution >= 4 is 11.8 Å². The van der Waals surface area contributed by atoms with Crippen LogP contribution in [0.2, 0.25) is 0 Å². The maximum absolute atomic E-state index is 12.3. The highest BCUT2D eigenvalue weighted by Crippen LogP contribution is 2.28. The Bertz CT molecular complexity index is 336. The first kappa shape index (κ1) is 15.3. The highest BCUT2D eigenvalue weighted by atomic mass is 16.2. The fourth-order valence-electron chi connectivity index (χ4n) is 2.74. The topological polar surface area (TPSA) is 61.4 Å². The van der Waals surface area contributed by atoms with E-state index in [0.717, 1.165) is 51.7 Å². The Kier molecular flexibility index (Phi) is 5.83. The van der Waals surface area contributed by atoms with Crippen LogP contribution in [0.15, 0.2) is 0 Å². The van der Waals surface area contributed by atoms with E-state index in [1.807, 2.05) is 4.90 Å². The standard InChI is InChI=1S/C15H27N3O2/c1-2-10-18(13-7-9-16-11-13)14(19)4-3-8-17-15(20)12-5-6-12/h12-13,16H,2-11H2,1H3,(H,17,20). The van der Waals surface area contributed by atoms with Gasteiger partial charge in [0.1, 0.15) is 0 Å². The van der Waals surface area contributed by atoms with Crippen molar-refractivity contribution in [3.05, 3.63) is 0 Å². The lowest BCUT2D eigenvalue weighted by atomic mass is 10.1. The van der Waals surface area contributed by atoms with Gasteiger partial charge in [-0.25, -0.2) is 0 Å². The van der Waals surface area contributed by atoms with Crippen molar-refractivity contribution in [2.24, 2.45) is 5.92 Å². The average Bonchev–Trinajstić information content (AvgIpc) is 3.16. The van der Waals surface area contributed by atoms with Gasteiger partial charge in [-0.2, -0.15) is 0 Å². The summed E-state index contributed by atoms with van der Waals surface area (Å²) in [6.45, 7) is 5.52. The molecule has 1 saturated carbocycles. The first-order valence-electron chi connectivity index (χ1n) is 8.00. The molecule has 5 nitrogen and oxygen atoms in total. The number of nitrogens with zero attached hydrogens (tertiary/aromatic N) is 1. The second kappa shape index (κ2) is 7.62. The van der Waals surface area contributed by atoms with Crippen LogP contribution in [-0.2, 0) is 9.59 Å². The molecule has 0 spiro atoms. The van der Waals surface area contributed by atoms with E-state index in [1.165, 1.54) is 0 Å². The van der Waals surface area contributed by atoms with Gasteiger partial charge in [0.15, 0.2) is 0 Å². The van der Waals surface area contributed by atoms with Gasteiger partial charge in [0.05, 0.1) is 0 Å². The zero-order valence-electron chi connectivity index (χ0n) is 12.5. The molecule has 2 amide bonds. The third kappa shape index (κ3) is 4.47. The van der Waals surface area contributed by atoms with E-state index < -0.39 is 0 Å². The molecule has 0 aromatic carbocycles. The van der Waals surface area contributed by atoms with Crippen molar-refractivity contribution in [3.63, 3.8) is 0 Å². The maximum atomic E-state index is 12.3. The summed E-state index contributed by atoms with van der Waals surface area (Å²) in [5.41, 5.74) is 0. The van der Waals surface area contributed by atoms with E-state index in [-0.39, 0.29) is 17.7 Å². The van der Waals surface area contributed by atoms with Crippen LogP contribution >= 0.6 is 0 Å². The molecule has 0 radical (unpaired) electrons. The van der Waals surface area contributed by atoms with Crippen molar-refractivity contribution in [1.82, 2.24) is 15.5 Å². The van der Waals surface area contributed by atoms with Crippen molar-refractivity contribution in [2.75, 3.05) is 26.2 Å². The molecule has 1 saturated heterocycles. The van der Waals surface area contributed by atoms with Gasteiger partial charge in [0.25, 0.3) is 0 Å². The number of carbonyl (C=O) groups is 2. The van der Waals surface area contributed by atoms with Crippen LogP contribution in [0.1, 0.15) is 45.4 Å². The van der Waals surface area contributed by atoms with Crippen LogP contribution in [0.3, 0.4) is 0 Å². The van der Waals surface area contributed by atoms with Gasteiger partial charge >= 0.3 is 0 Å². The monoisotopic (exact) mass is 281 g/mol. The quantitative estimate of drug-likeness (QED) is 0.650. The van der Waals surface area contributed by atoms with E-state index in [9.17, 15) is 9.59 Å². The molecule has 1 heterocycles. The van der Waals surface area contributed by atoms with Gasteiger partial charge in [-0.1, -0.05) is 6.92 Å². The molecule has 0 bridgehead atoms. The smallest absolute Gasteiger partial charge is 0.223 e. The predicted molar refractivity (Wildman–Crippen MR) is 78.2 cm³/mol. The molecular weight excluding hydrogens is 254 g/mol. The molecule has 20 heavy (non-hydrogen) atoms. The number of hydrogen-bond donors (Lipinski definition) is 2. The first-order chi connectivity index (χ1) is 9.72. The molecule has 0 aromatic rings. The second-order valence-corrected chi connectivity index (χ2v) is 5.90. The van der Waals surface area contributed by atoms with Crippen LogP contribution in [0, 0.1) is 5.92 Å². The SMILES string of the molecule is CCCN(C(=O)CCCNC(=O)C1CC1)C1CCNC1. The normalized spacial score (nSPS) is 21.8. The lowest BCUT2D eigenvalue weighted by Gasteiger charge is -2.28. The molecule has 1 atom stereocenters. The summed E-state index contributed by atoms with van der Waals surface area (Å²) in [7, 11) is 0. The number of carbonyl (C=O) groups excluding carboxylic acids is 2. The van der Waals surface area contributed by atoms with Crippen LogP contribution < -0.4 is 10.6 Å². The van der Waals surface area contributed by atoms with E-state index >= 15 is 0 Å². The van der Waals surface area contributed by atoms with Gasteiger partial charge < -0.3 is 15.5 Å². The van der Waals surface area contributed by atoms with Gasteiger partial charge in [-0.3, -0.25) is 9.59 Å². The zero-order chi connectivity index (χ0) is 14.4. The largest absolute Gasteiger partial charge is 0.356 e.